The molecule has 2 rings (SSSR count). The maximum atomic E-state index is 11.8. The fourth-order valence-corrected chi connectivity index (χ4v) is 2.05. The molecule has 3 N–H and O–H groups in total. The van der Waals surface area contributed by atoms with Crippen LogP contribution in [0.5, 0.6) is 0 Å². The van der Waals surface area contributed by atoms with Gasteiger partial charge >= 0.3 is 0 Å². The van der Waals surface area contributed by atoms with Gasteiger partial charge in [-0.3, -0.25) is 14.4 Å². The van der Waals surface area contributed by atoms with Crippen LogP contribution in [0.15, 0.2) is 59.5 Å². The van der Waals surface area contributed by atoms with E-state index in [0.717, 1.165) is 0 Å². The molecule has 0 fully saturated rings. The summed E-state index contributed by atoms with van der Waals surface area (Å²) in [5.41, 5.74) is 0.242. The van der Waals surface area contributed by atoms with Gasteiger partial charge in [0.25, 0.3) is 11.5 Å². The summed E-state index contributed by atoms with van der Waals surface area (Å²) in [4.78, 5) is 35.0. The van der Waals surface area contributed by atoms with E-state index in [1.165, 1.54) is 10.6 Å². The van der Waals surface area contributed by atoms with Gasteiger partial charge in [-0.1, -0.05) is 24.3 Å². The minimum Gasteiger partial charge on any atom is -0.389 e. The molecule has 0 saturated heterocycles. The second-order valence-electron chi connectivity index (χ2n) is 5.20. The maximum Gasteiger partial charge on any atom is 0.251 e. The third-order valence-corrected chi connectivity index (χ3v) is 3.29. The first-order valence-corrected chi connectivity index (χ1v) is 7.50. The van der Waals surface area contributed by atoms with Crippen molar-refractivity contribution < 1.29 is 14.7 Å². The highest BCUT2D eigenvalue weighted by Gasteiger charge is 2.10. The lowest BCUT2D eigenvalue weighted by molar-refractivity contribution is -0.120. The SMILES string of the molecule is O=C(CNC(=O)c1ccccc1)NCC(O)Cn1ccccc1=O. The van der Waals surface area contributed by atoms with Crippen LogP contribution in [0.3, 0.4) is 0 Å². The van der Waals surface area contributed by atoms with E-state index in [1.807, 2.05) is 0 Å². The van der Waals surface area contributed by atoms with Crippen LogP contribution >= 0.6 is 0 Å². The summed E-state index contributed by atoms with van der Waals surface area (Å²) in [5, 5.41) is 14.9. The van der Waals surface area contributed by atoms with Crippen LogP contribution in [-0.4, -0.2) is 40.7 Å². The molecule has 2 aromatic rings. The fraction of sp³-hybridized carbons (Fsp3) is 0.235. The number of carbonyl (C=O) groups is 2. The topological polar surface area (TPSA) is 100 Å². The second kappa shape index (κ2) is 8.64. The van der Waals surface area contributed by atoms with Crippen LogP contribution in [-0.2, 0) is 11.3 Å². The van der Waals surface area contributed by atoms with Gasteiger partial charge in [-0.25, -0.2) is 0 Å². The number of nitrogens with zero attached hydrogens (tertiary/aromatic N) is 1. The molecule has 0 aliphatic heterocycles. The number of nitrogens with one attached hydrogen (secondary N) is 2. The Morgan fingerprint density at radius 1 is 1.04 bits per heavy atom. The molecule has 24 heavy (non-hydrogen) atoms. The number of carbonyl (C=O) groups excluding carboxylic acids is 2. The van der Waals surface area contributed by atoms with Crippen LogP contribution in [0.25, 0.3) is 0 Å². The zero-order chi connectivity index (χ0) is 17.4. The van der Waals surface area contributed by atoms with E-state index in [9.17, 15) is 19.5 Å². The Bertz CT molecular complexity index is 743. The van der Waals surface area contributed by atoms with Crippen molar-refractivity contribution in [3.05, 3.63) is 70.6 Å². The zero-order valence-corrected chi connectivity index (χ0v) is 13.0. The van der Waals surface area contributed by atoms with Gasteiger partial charge in [0.1, 0.15) is 0 Å². The standard InChI is InChI=1S/C17H19N3O4/c21-14(12-20-9-5-4-8-16(20)23)10-18-15(22)11-19-17(24)13-6-2-1-3-7-13/h1-9,14,21H,10-12H2,(H,18,22)(H,19,24). The molecule has 1 heterocycles. The molecule has 1 aromatic carbocycles. The highest BCUT2D eigenvalue weighted by Crippen LogP contribution is 1.97. The molecule has 1 aromatic heterocycles. The minimum absolute atomic E-state index is 0.0125. The Morgan fingerprint density at radius 2 is 1.75 bits per heavy atom. The molecule has 126 valence electrons. The Hall–Kier alpha value is -2.93. The summed E-state index contributed by atoms with van der Waals surface area (Å²) in [6, 6.07) is 13.2. The number of amides is 2. The third-order valence-electron chi connectivity index (χ3n) is 3.29. The van der Waals surface area contributed by atoms with Gasteiger partial charge in [0.2, 0.25) is 5.91 Å². The van der Waals surface area contributed by atoms with Crippen molar-refractivity contribution in [3.8, 4) is 0 Å². The van der Waals surface area contributed by atoms with Crippen molar-refractivity contribution in [3.63, 3.8) is 0 Å². The Morgan fingerprint density at radius 3 is 2.46 bits per heavy atom. The van der Waals surface area contributed by atoms with Gasteiger partial charge in [0.05, 0.1) is 19.2 Å². The van der Waals surface area contributed by atoms with E-state index in [1.54, 1.807) is 48.7 Å². The Balaban J connectivity index is 1.72. The molecular weight excluding hydrogens is 310 g/mol. The first-order valence-electron chi connectivity index (χ1n) is 7.50. The monoisotopic (exact) mass is 329 g/mol. The zero-order valence-electron chi connectivity index (χ0n) is 13.0. The molecular formula is C17H19N3O4. The normalized spacial score (nSPS) is 11.5. The molecule has 7 heteroatoms. The first-order chi connectivity index (χ1) is 11.6. The molecule has 0 bridgehead atoms. The van der Waals surface area contributed by atoms with E-state index in [2.05, 4.69) is 10.6 Å². The van der Waals surface area contributed by atoms with Gasteiger partial charge in [-0.05, 0) is 18.2 Å². The van der Waals surface area contributed by atoms with E-state index in [0.29, 0.717) is 5.56 Å². The summed E-state index contributed by atoms with van der Waals surface area (Å²) in [6.07, 6.45) is 0.659. The number of aromatic nitrogens is 1. The number of hydrogen-bond donors (Lipinski definition) is 3. The lowest BCUT2D eigenvalue weighted by Crippen LogP contribution is -2.41. The highest BCUT2D eigenvalue weighted by atomic mass is 16.3. The van der Waals surface area contributed by atoms with Crippen molar-refractivity contribution in [2.24, 2.45) is 0 Å². The lowest BCUT2D eigenvalue weighted by Gasteiger charge is -2.13. The van der Waals surface area contributed by atoms with Crippen LogP contribution < -0.4 is 16.2 Å². The maximum absolute atomic E-state index is 11.8. The minimum atomic E-state index is -0.904. The molecule has 0 aliphatic carbocycles. The highest BCUT2D eigenvalue weighted by molar-refractivity contribution is 5.96. The van der Waals surface area contributed by atoms with Crippen molar-refractivity contribution >= 4 is 11.8 Å². The largest absolute Gasteiger partial charge is 0.389 e. The van der Waals surface area contributed by atoms with Crippen molar-refractivity contribution in [1.29, 1.82) is 0 Å². The molecule has 7 nitrogen and oxygen atoms in total. The molecule has 1 atom stereocenters. The quantitative estimate of drug-likeness (QED) is 0.652. The van der Waals surface area contributed by atoms with Crippen molar-refractivity contribution in [1.82, 2.24) is 15.2 Å². The Labute approximate surface area is 138 Å². The van der Waals surface area contributed by atoms with Crippen LogP contribution in [0.4, 0.5) is 0 Å². The summed E-state index contributed by atoms with van der Waals surface area (Å²) in [5.74, 6) is -0.763. The summed E-state index contributed by atoms with van der Waals surface area (Å²) in [7, 11) is 0. The van der Waals surface area contributed by atoms with Crippen LogP contribution in [0, 0.1) is 0 Å². The number of aliphatic hydroxyl groups is 1. The Kier molecular flexibility index (Phi) is 6.27. The number of aliphatic hydroxyl groups excluding tert-OH is 1. The van der Waals surface area contributed by atoms with Gasteiger partial charge in [0.15, 0.2) is 0 Å². The van der Waals surface area contributed by atoms with E-state index < -0.39 is 12.0 Å². The van der Waals surface area contributed by atoms with Gasteiger partial charge in [0, 0.05) is 24.4 Å². The number of rotatable bonds is 7. The van der Waals surface area contributed by atoms with Gasteiger partial charge in [-0.15, -0.1) is 0 Å². The van der Waals surface area contributed by atoms with Crippen LogP contribution in [0.1, 0.15) is 10.4 Å². The predicted octanol–water partition coefficient (Wildman–Crippen LogP) is -0.245. The summed E-state index contributed by atoms with van der Waals surface area (Å²) >= 11 is 0. The fourth-order valence-electron chi connectivity index (χ4n) is 2.05. The molecule has 0 spiro atoms. The molecule has 1 unspecified atom stereocenters. The average Bonchev–Trinajstić information content (AvgIpc) is 2.60. The average molecular weight is 329 g/mol. The molecule has 0 radical (unpaired) electrons. The van der Waals surface area contributed by atoms with E-state index in [4.69, 9.17) is 0 Å². The predicted molar refractivity (Wildman–Crippen MR) is 88.5 cm³/mol. The van der Waals surface area contributed by atoms with Crippen molar-refractivity contribution in [2.75, 3.05) is 13.1 Å². The van der Waals surface area contributed by atoms with Gasteiger partial charge in [-0.2, -0.15) is 0 Å². The van der Waals surface area contributed by atoms with Crippen molar-refractivity contribution in [2.45, 2.75) is 12.6 Å². The lowest BCUT2D eigenvalue weighted by atomic mass is 10.2. The summed E-state index contributed by atoms with van der Waals surface area (Å²) in [6.45, 7) is -0.122. The third kappa shape index (κ3) is 5.36. The second-order valence-corrected chi connectivity index (χ2v) is 5.20. The van der Waals surface area contributed by atoms with Crippen LogP contribution in [0.2, 0.25) is 0 Å². The number of pyridine rings is 1. The molecule has 2 amide bonds. The summed E-state index contributed by atoms with van der Waals surface area (Å²) < 4.78 is 1.36. The number of benzene rings is 1. The first kappa shape index (κ1) is 17.4. The smallest absolute Gasteiger partial charge is 0.251 e. The molecule has 0 aliphatic rings. The van der Waals surface area contributed by atoms with E-state index >= 15 is 0 Å². The number of hydrogen-bond acceptors (Lipinski definition) is 4. The molecule has 0 saturated carbocycles. The van der Waals surface area contributed by atoms with E-state index in [-0.39, 0.29) is 31.1 Å². The van der Waals surface area contributed by atoms with Gasteiger partial charge < -0.3 is 20.3 Å².